The fourth-order valence-corrected chi connectivity index (χ4v) is 1.83. The van der Waals surface area contributed by atoms with Gasteiger partial charge in [0, 0.05) is 17.8 Å². The highest BCUT2D eigenvalue weighted by Crippen LogP contribution is 2.10. The fraction of sp³-hybridized carbons (Fsp3) is 0.214. The summed E-state index contributed by atoms with van der Waals surface area (Å²) in [6.45, 7) is 2.36. The van der Waals surface area contributed by atoms with Crippen LogP contribution in [0.5, 0.6) is 0 Å². The van der Waals surface area contributed by atoms with Gasteiger partial charge in [-0.3, -0.25) is 9.78 Å². The standard InChI is InChI=1S/C14H14ClN3O/c1-10-8-18-13(9-17-10)14(19)16-6-5-11-3-2-4-12(15)7-11/h2-4,7-9H,5-6H2,1H3,(H,16,19). The second-order valence-corrected chi connectivity index (χ2v) is 4.62. The van der Waals surface area contributed by atoms with E-state index in [0.717, 1.165) is 17.7 Å². The van der Waals surface area contributed by atoms with Gasteiger partial charge in [0.15, 0.2) is 0 Å². The molecule has 0 aliphatic rings. The van der Waals surface area contributed by atoms with Gasteiger partial charge in [-0.2, -0.15) is 0 Å². The van der Waals surface area contributed by atoms with Gasteiger partial charge in [0.1, 0.15) is 5.69 Å². The molecule has 2 aromatic rings. The molecule has 5 heteroatoms. The number of amides is 1. The van der Waals surface area contributed by atoms with E-state index >= 15 is 0 Å². The van der Waals surface area contributed by atoms with Gasteiger partial charge < -0.3 is 5.32 Å². The number of benzene rings is 1. The molecule has 0 unspecified atom stereocenters. The maximum absolute atomic E-state index is 11.8. The number of hydrogen-bond donors (Lipinski definition) is 1. The topological polar surface area (TPSA) is 54.9 Å². The number of carbonyl (C=O) groups excluding carboxylic acids is 1. The Kier molecular flexibility index (Phi) is 4.47. The van der Waals surface area contributed by atoms with E-state index in [1.54, 1.807) is 6.20 Å². The first-order valence-corrected chi connectivity index (χ1v) is 6.34. The Morgan fingerprint density at radius 3 is 2.84 bits per heavy atom. The quantitative estimate of drug-likeness (QED) is 0.932. The van der Waals surface area contributed by atoms with Gasteiger partial charge in [0.05, 0.1) is 11.9 Å². The second kappa shape index (κ2) is 6.29. The predicted octanol–water partition coefficient (Wildman–Crippen LogP) is 2.41. The van der Waals surface area contributed by atoms with Crippen molar-refractivity contribution in [3.8, 4) is 0 Å². The molecular formula is C14H14ClN3O. The van der Waals surface area contributed by atoms with Crippen molar-refractivity contribution in [3.63, 3.8) is 0 Å². The molecule has 0 radical (unpaired) electrons. The normalized spacial score (nSPS) is 10.2. The molecule has 1 N–H and O–H groups in total. The summed E-state index contributed by atoms with van der Waals surface area (Å²) in [5.74, 6) is -0.213. The maximum atomic E-state index is 11.8. The lowest BCUT2D eigenvalue weighted by atomic mass is 10.1. The number of aromatic nitrogens is 2. The minimum Gasteiger partial charge on any atom is -0.350 e. The van der Waals surface area contributed by atoms with Crippen molar-refractivity contribution in [3.05, 3.63) is 58.6 Å². The van der Waals surface area contributed by atoms with Gasteiger partial charge in [-0.05, 0) is 31.0 Å². The van der Waals surface area contributed by atoms with Crippen molar-refractivity contribution < 1.29 is 4.79 Å². The molecule has 1 aromatic heterocycles. The van der Waals surface area contributed by atoms with Crippen molar-refractivity contribution >= 4 is 17.5 Å². The minimum atomic E-state index is -0.213. The largest absolute Gasteiger partial charge is 0.350 e. The Morgan fingerprint density at radius 2 is 2.16 bits per heavy atom. The molecule has 1 heterocycles. The first kappa shape index (κ1) is 13.5. The molecule has 1 amide bonds. The Hall–Kier alpha value is -1.94. The molecular weight excluding hydrogens is 262 g/mol. The Morgan fingerprint density at radius 1 is 1.32 bits per heavy atom. The van der Waals surface area contributed by atoms with Crippen LogP contribution in [0.1, 0.15) is 21.7 Å². The highest BCUT2D eigenvalue weighted by Gasteiger charge is 2.06. The number of nitrogens with zero attached hydrogens (tertiary/aromatic N) is 2. The lowest BCUT2D eigenvalue weighted by Crippen LogP contribution is -2.26. The number of aryl methyl sites for hydroxylation is 1. The van der Waals surface area contributed by atoms with Crippen LogP contribution in [0, 0.1) is 6.92 Å². The summed E-state index contributed by atoms with van der Waals surface area (Å²) in [6, 6.07) is 7.58. The van der Waals surface area contributed by atoms with Gasteiger partial charge >= 0.3 is 0 Å². The Labute approximate surface area is 116 Å². The molecule has 98 valence electrons. The first-order chi connectivity index (χ1) is 9.15. The zero-order valence-corrected chi connectivity index (χ0v) is 11.3. The van der Waals surface area contributed by atoms with E-state index in [-0.39, 0.29) is 5.91 Å². The predicted molar refractivity (Wildman–Crippen MR) is 74.3 cm³/mol. The molecule has 0 atom stereocenters. The monoisotopic (exact) mass is 275 g/mol. The van der Waals surface area contributed by atoms with E-state index in [9.17, 15) is 4.79 Å². The summed E-state index contributed by atoms with van der Waals surface area (Å²) in [5, 5.41) is 3.50. The van der Waals surface area contributed by atoms with Crippen molar-refractivity contribution in [2.75, 3.05) is 6.54 Å². The molecule has 1 aromatic carbocycles. The summed E-state index contributed by atoms with van der Waals surface area (Å²) in [4.78, 5) is 19.8. The van der Waals surface area contributed by atoms with Crippen LogP contribution in [0.15, 0.2) is 36.7 Å². The molecule has 2 rings (SSSR count). The second-order valence-electron chi connectivity index (χ2n) is 4.18. The van der Waals surface area contributed by atoms with Gasteiger partial charge in [0.25, 0.3) is 5.91 Å². The molecule has 0 bridgehead atoms. The van der Waals surface area contributed by atoms with Gasteiger partial charge in [0.2, 0.25) is 0 Å². The van der Waals surface area contributed by atoms with Crippen LogP contribution < -0.4 is 5.32 Å². The van der Waals surface area contributed by atoms with Crippen molar-refractivity contribution in [2.45, 2.75) is 13.3 Å². The summed E-state index contributed by atoms with van der Waals surface area (Å²) in [5.41, 5.74) is 2.20. The molecule has 4 nitrogen and oxygen atoms in total. The summed E-state index contributed by atoms with van der Waals surface area (Å²) < 4.78 is 0. The fourth-order valence-electron chi connectivity index (χ4n) is 1.61. The average molecular weight is 276 g/mol. The lowest BCUT2D eigenvalue weighted by Gasteiger charge is -2.05. The Balaban J connectivity index is 1.86. The minimum absolute atomic E-state index is 0.213. The van der Waals surface area contributed by atoms with Gasteiger partial charge in [-0.1, -0.05) is 23.7 Å². The summed E-state index contributed by atoms with van der Waals surface area (Å²) >= 11 is 5.89. The highest BCUT2D eigenvalue weighted by atomic mass is 35.5. The molecule has 19 heavy (non-hydrogen) atoms. The zero-order valence-electron chi connectivity index (χ0n) is 10.6. The molecule has 0 saturated heterocycles. The van der Waals surface area contributed by atoms with Crippen LogP contribution in [-0.2, 0) is 6.42 Å². The molecule has 0 fully saturated rings. The third-order valence-electron chi connectivity index (χ3n) is 2.60. The Bertz CT molecular complexity index is 569. The zero-order chi connectivity index (χ0) is 13.7. The summed E-state index contributed by atoms with van der Waals surface area (Å²) in [7, 11) is 0. The number of halogens is 1. The van der Waals surface area contributed by atoms with Crippen LogP contribution >= 0.6 is 11.6 Å². The van der Waals surface area contributed by atoms with E-state index in [4.69, 9.17) is 11.6 Å². The molecule has 0 spiro atoms. The summed E-state index contributed by atoms with van der Waals surface area (Å²) in [6.07, 6.45) is 3.78. The van der Waals surface area contributed by atoms with E-state index in [0.29, 0.717) is 17.3 Å². The van der Waals surface area contributed by atoms with Crippen LogP contribution in [0.25, 0.3) is 0 Å². The number of carbonyl (C=O) groups is 1. The van der Waals surface area contributed by atoms with Crippen LogP contribution in [0.2, 0.25) is 5.02 Å². The number of nitrogens with one attached hydrogen (secondary N) is 1. The molecule has 0 saturated carbocycles. The van der Waals surface area contributed by atoms with Crippen molar-refractivity contribution in [1.29, 1.82) is 0 Å². The van der Waals surface area contributed by atoms with E-state index in [2.05, 4.69) is 15.3 Å². The van der Waals surface area contributed by atoms with Crippen molar-refractivity contribution in [2.24, 2.45) is 0 Å². The molecule has 0 aliphatic carbocycles. The average Bonchev–Trinajstić information content (AvgIpc) is 2.39. The number of rotatable bonds is 4. The van der Waals surface area contributed by atoms with Crippen LogP contribution in [-0.4, -0.2) is 22.4 Å². The third kappa shape index (κ3) is 4.03. The van der Waals surface area contributed by atoms with E-state index in [1.807, 2.05) is 31.2 Å². The molecule has 0 aliphatic heterocycles. The third-order valence-corrected chi connectivity index (χ3v) is 2.84. The van der Waals surface area contributed by atoms with Crippen LogP contribution in [0.4, 0.5) is 0 Å². The lowest BCUT2D eigenvalue weighted by molar-refractivity contribution is 0.0948. The van der Waals surface area contributed by atoms with E-state index in [1.165, 1.54) is 6.20 Å². The highest BCUT2D eigenvalue weighted by molar-refractivity contribution is 6.30. The number of hydrogen-bond acceptors (Lipinski definition) is 3. The van der Waals surface area contributed by atoms with Gasteiger partial charge in [-0.25, -0.2) is 4.98 Å². The smallest absolute Gasteiger partial charge is 0.271 e. The van der Waals surface area contributed by atoms with Crippen molar-refractivity contribution in [1.82, 2.24) is 15.3 Å². The maximum Gasteiger partial charge on any atom is 0.271 e. The van der Waals surface area contributed by atoms with Crippen LogP contribution in [0.3, 0.4) is 0 Å². The van der Waals surface area contributed by atoms with E-state index < -0.39 is 0 Å². The first-order valence-electron chi connectivity index (χ1n) is 5.96. The SMILES string of the molecule is Cc1cnc(C(=O)NCCc2cccc(Cl)c2)cn1. The van der Waals surface area contributed by atoms with Gasteiger partial charge in [-0.15, -0.1) is 0 Å².